The summed E-state index contributed by atoms with van der Waals surface area (Å²) >= 11 is 0. The Kier molecular flexibility index (Phi) is 4.35. The summed E-state index contributed by atoms with van der Waals surface area (Å²) in [5, 5.41) is 2.83. The summed E-state index contributed by atoms with van der Waals surface area (Å²) in [7, 11) is 0. The van der Waals surface area contributed by atoms with Crippen molar-refractivity contribution in [3.8, 4) is 11.5 Å². The van der Waals surface area contributed by atoms with Crippen molar-refractivity contribution in [2.24, 2.45) is 0 Å². The fraction of sp³-hybridized carbons (Fsp3) is 0.263. The molecule has 1 aliphatic rings. The molecule has 0 fully saturated rings. The first-order chi connectivity index (χ1) is 12.7. The second-order valence-corrected chi connectivity index (χ2v) is 6.11. The molecule has 1 aromatic heterocycles. The monoisotopic (exact) mass is 354 g/mol. The topological polar surface area (TPSA) is 93.6 Å². The van der Waals surface area contributed by atoms with Crippen molar-refractivity contribution in [2.45, 2.75) is 19.3 Å². The lowest BCUT2D eigenvalue weighted by Crippen LogP contribution is -2.15. The molecular formula is C19H18N2O5. The van der Waals surface area contributed by atoms with Gasteiger partial charge in [-0.1, -0.05) is 6.07 Å². The first-order valence-electron chi connectivity index (χ1n) is 8.49. The minimum absolute atomic E-state index is 0.0762. The van der Waals surface area contributed by atoms with Gasteiger partial charge in [0.15, 0.2) is 17.1 Å². The molecule has 0 saturated heterocycles. The third kappa shape index (κ3) is 3.56. The number of amides is 1. The number of aryl methyl sites for hydroxylation is 1. The van der Waals surface area contributed by atoms with Gasteiger partial charge in [0.25, 0.3) is 0 Å². The SMILES string of the molecule is O=C(CCCc1ccc2c(c1)OCCO2)Nc1ccc2oc(=O)[nH]c2c1. The lowest BCUT2D eigenvalue weighted by Gasteiger charge is -2.18. The average Bonchev–Trinajstić information content (AvgIpc) is 3.01. The van der Waals surface area contributed by atoms with Gasteiger partial charge in [-0.3, -0.25) is 9.78 Å². The van der Waals surface area contributed by atoms with E-state index < -0.39 is 5.76 Å². The maximum Gasteiger partial charge on any atom is 0.417 e. The Hall–Kier alpha value is -3.22. The highest BCUT2D eigenvalue weighted by Crippen LogP contribution is 2.31. The predicted octanol–water partition coefficient (Wildman–Crippen LogP) is 2.85. The van der Waals surface area contributed by atoms with Gasteiger partial charge in [0.05, 0.1) is 5.52 Å². The standard InChI is InChI=1S/C19H18N2O5/c22-18(20-13-5-7-15-14(11-13)21-19(23)26-15)3-1-2-12-4-6-16-17(10-12)25-9-8-24-16/h4-7,10-11H,1-3,8-9H2,(H,20,22)(H,21,23). The van der Waals surface area contributed by atoms with Crippen LogP contribution in [-0.4, -0.2) is 24.1 Å². The second-order valence-electron chi connectivity index (χ2n) is 6.11. The number of anilines is 1. The van der Waals surface area contributed by atoms with E-state index >= 15 is 0 Å². The zero-order valence-electron chi connectivity index (χ0n) is 14.0. The Bertz CT molecular complexity index is 1000. The number of hydrogen-bond donors (Lipinski definition) is 2. The maximum atomic E-state index is 12.1. The van der Waals surface area contributed by atoms with Crippen LogP contribution in [0.25, 0.3) is 11.1 Å². The smallest absolute Gasteiger partial charge is 0.417 e. The molecule has 0 spiro atoms. The first kappa shape index (κ1) is 16.3. The highest BCUT2D eigenvalue weighted by atomic mass is 16.6. The fourth-order valence-corrected chi connectivity index (χ4v) is 2.95. The number of nitrogens with one attached hydrogen (secondary N) is 2. The van der Waals surface area contributed by atoms with E-state index in [0.29, 0.717) is 36.4 Å². The van der Waals surface area contributed by atoms with Crippen LogP contribution in [0.4, 0.5) is 5.69 Å². The molecule has 2 aromatic carbocycles. The van der Waals surface area contributed by atoms with Gasteiger partial charge in [0, 0.05) is 12.1 Å². The van der Waals surface area contributed by atoms with Gasteiger partial charge in [0.1, 0.15) is 13.2 Å². The van der Waals surface area contributed by atoms with E-state index in [0.717, 1.165) is 29.9 Å². The molecule has 1 aliphatic heterocycles. The lowest BCUT2D eigenvalue weighted by molar-refractivity contribution is -0.116. The molecule has 4 rings (SSSR count). The fourth-order valence-electron chi connectivity index (χ4n) is 2.95. The van der Waals surface area contributed by atoms with Crippen molar-refractivity contribution in [3.63, 3.8) is 0 Å². The first-order valence-corrected chi connectivity index (χ1v) is 8.49. The summed E-state index contributed by atoms with van der Waals surface area (Å²) in [4.78, 5) is 25.9. The van der Waals surface area contributed by atoms with Crippen LogP contribution in [0.3, 0.4) is 0 Å². The highest BCUT2D eigenvalue weighted by Gasteiger charge is 2.12. The second kappa shape index (κ2) is 6.95. The Balaban J connectivity index is 1.31. The van der Waals surface area contributed by atoms with Crippen LogP contribution in [0.2, 0.25) is 0 Å². The van der Waals surface area contributed by atoms with Crippen LogP contribution in [0, 0.1) is 0 Å². The summed E-state index contributed by atoms with van der Waals surface area (Å²) in [5.74, 6) is 0.946. The Morgan fingerprint density at radius 1 is 1.08 bits per heavy atom. The molecule has 26 heavy (non-hydrogen) atoms. The quantitative estimate of drug-likeness (QED) is 0.735. The molecule has 7 heteroatoms. The van der Waals surface area contributed by atoms with E-state index in [4.69, 9.17) is 13.9 Å². The number of fused-ring (bicyclic) bond motifs is 2. The Morgan fingerprint density at radius 3 is 2.81 bits per heavy atom. The number of hydrogen-bond acceptors (Lipinski definition) is 5. The molecular weight excluding hydrogens is 336 g/mol. The number of ether oxygens (including phenoxy) is 2. The van der Waals surface area contributed by atoms with Gasteiger partial charge in [-0.2, -0.15) is 0 Å². The van der Waals surface area contributed by atoms with Crippen molar-refractivity contribution in [3.05, 3.63) is 52.5 Å². The number of rotatable bonds is 5. The summed E-state index contributed by atoms with van der Waals surface area (Å²) < 4.78 is 16.0. The van der Waals surface area contributed by atoms with E-state index in [1.54, 1.807) is 18.2 Å². The van der Waals surface area contributed by atoms with Crippen molar-refractivity contribution >= 4 is 22.7 Å². The van der Waals surface area contributed by atoms with Crippen LogP contribution >= 0.6 is 0 Å². The minimum atomic E-state index is -0.511. The number of aromatic amines is 1. The van der Waals surface area contributed by atoms with Crippen molar-refractivity contribution < 1.29 is 18.7 Å². The zero-order valence-corrected chi connectivity index (χ0v) is 14.0. The third-order valence-corrected chi connectivity index (χ3v) is 4.18. The number of benzene rings is 2. The number of aromatic nitrogens is 1. The van der Waals surface area contributed by atoms with E-state index in [-0.39, 0.29) is 5.91 Å². The summed E-state index contributed by atoms with van der Waals surface area (Å²) in [5.41, 5.74) is 2.76. The lowest BCUT2D eigenvalue weighted by atomic mass is 10.1. The zero-order chi connectivity index (χ0) is 17.9. The molecule has 7 nitrogen and oxygen atoms in total. The molecule has 3 aromatic rings. The predicted molar refractivity (Wildman–Crippen MR) is 95.8 cm³/mol. The minimum Gasteiger partial charge on any atom is -0.486 e. The molecule has 0 saturated carbocycles. The van der Waals surface area contributed by atoms with Crippen LogP contribution in [0.1, 0.15) is 18.4 Å². The molecule has 0 unspecified atom stereocenters. The highest BCUT2D eigenvalue weighted by molar-refractivity contribution is 5.92. The van der Waals surface area contributed by atoms with Crippen LogP contribution in [0.5, 0.6) is 11.5 Å². The third-order valence-electron chi connectivity index (χ3n) is 4.18. The van der Waals surface area contributed by atoms with Crippen LogP contribution in [-0.2, 0) is 11.2 Å². The Labute approximate surface area is 148 Å². The van der Waals surface area contributed by atoms with Gasteiger partial charge in [-0.25, -0.2) is 4.79 Å². The van der Waals surface area contributed by atoms with E-state index in [2.05, 4.69) is 10.3 Å². The van der Waals surface area contributed by atoms with Crippen molar-refractivity contribution in [1.82, 2.24) is 4.98 Å². The van der Waals surface area contributed by atoms with E-state index in [1.807, 2.05) is 18.2 Å². The van der Waals surface area contributed by atoms with Crippen molar-refractivity contribution in [2.75, 3.05) is 18.5 Å². The number of carbonyl (C=O) groups is 1. The van der Waals surface area contributed by atoms with Crippen molar-refractivity contribution in [1.29, 1.82) is 0 Å². The number of oxazole rings is 1. The number of carbonyl (C=O) groups excluding carboxylic acids is 1. The van der Waals surface area contributed by atoms with Gasteiger partial charge >= 0.3 is 5.76 Å². The average molecular weight is 354 g/mol. The van der Waals surface area contributed by atoms with Gasteiger partial charge < -0.3 is 19.2 Å². The maximum absolute atomic E-state index is 12.1. The Morgan fingerprint density at radius 2 is 1.92 bits per heavy atom. The molecule has 2 heterocycles. The molecule has 0 bridgehead atoms. The number of H-pyrrole nitrogens is 1. The molecule has 2 N–H and O–H groups in total. The van der Waals surface area contributed by atoms with E-state index in [9.17, 15) is 9.59 Å². The van der Waals surface area contributed by atoms with Crippen LogP contribution in [0.15, 0.2) is 45.6 Å². The van der Waals surface area contributed by atoms with Crippen LogP contribution < -0.4 is 20.5 Å². The summed E-state index contributed by atoms with van der Waals surface area (Å²) in [6.45, 7) is 1.14. The molecule has 0 atom stereocenters. The molecule has 134 valence electrons. The van der Waals surface area contributed by atoms with Gasteiger partial charge in [-0.05, 0) is 48.7 Å². The summed E-state index contributed by atoms with van der Waals surface area (Å²) in [6.07, 6.45) is 1.89. The largest absolute Gasteiger partial charge is 0.486 e. The summed E-state index contributed by atoms with van der Waals surface area (Å²) in [6, 6.07) is 10.9. The van der Waals surface area contributed by atoms with Gasteiger partial charge in [-0.15, -0.1) is 0 Å². The molecule has 1 amide bonds. The molecule has 0 radical (unpaired) electrons. The normalized spacial score (nSPS) is 12.9. The van der Waals surface area contributed by atoms with E-state index in [1.165, 1.54) is 0 Å². The van der Waals surface area contributed by atoms with Gasteiger partial charge in [0.2, 0.25) is 5.91 Å². The molecule has 0 aliphatic carbocycles.